The van der Waals surface area contributed by atoms with E-state index in [1.807, 2.05) is 0 Å². The molecule has 0 saturated heterocycles. The van der Waals surface area contributed by atoms with Crippen LogP contribution in [0, 0.1) is 0 Å². The molecule has 0 radical (unpaired) electrons. The van der Waals surface area contributed by atoms with E-state index < -0.39 is 8.32 Å². The van der Waals surface area contributed by atoms with Gasteiger partial charge in [0.2, 0.25) is 0 Å². The van der Waals surface area contributed by atoms with E-state index in [2.05, 4.69) is 74.1 Å². The van der Waals surface area contributed by atoms with E-state index in [9.17, 15) is 0 Å². The summed E-state index contributed by atoms with van der Waals surface area (Å²) in [6, 6.07) is 8.67. The Morgan fingerprint density at radius 3 is 2.44 bits per heavy atom. The van der Waals surface area contributed by atoms with Crippen molar-refractivity contribution in [3.05, 3.63) is 35.4 Å². The smallest absolute Gasteiger partial charge is 0.192 e. The van der Waals surface area contributed by atoms with Crippen molar-refractivity contribution in [1.29, 1.82) is 0 Å². The van der Waals surface area contributed by atoms with Gasteiger partial charge in [-0.3, -0.25) is 0 Å². The second kappa shape index (κ2) is 4.77. The summed E-state index contributed by atoms with van der Waals surface area (Å²) in [5.41, 5.74) is 2.81. The predicted molar refractivity (Wildman–Crippen MR) is 83.9 cm³/mol. The summed E-state index contributed by atoms with van der Waals surface area (Å²) in [5.74, 6) is 0. The minimum absolute atomic E-state index is 0.224. The fourth-order valence-corrected chi connectivity index (χ4v) is 4.36. The molecule has 2 atom stereocenters. The van der Waals surface area contributed by atoms with Crippen LogP contribution in [0.2, 0.25) is 18.1 Å². The van der Waals surface area contributed by atoms with Crippen LogP contribution in [-0.4, -0.2) is 13.1 Å². The molecule has 100 valence electrons. The number of hydrogen-bond donors (Lipinski definition) is 0. The first-order valence-electron chi connectivity index (χ1n) is 6.62. The van der Waals surface area contributed by atoms with Crippen molar-refractivity contribution in [1.82, 2.24) is 0 Å². The van der Waals surface area contributed by atoms with Crippen LogP contribution < -0.4 is 0 Å². The minimum Gasteiger partial charge on any atom is -0.409 e. The molecule has 3 heteroatoms. The Balaban J connectivity index is 2.25. The molecule has 0 fully saturated rings. The van der Waals surface area contributed by atoms with Gasteiger partial charge in [-0.15, -0.1) is 0 Å². The van der Waals surface area contributed by atoms with Crippen LogP contribution in [0.25, 0.3) is 0 Å². The first kappa shape index (κ1) is 14.3. The summed E-state index contributed by atoms with van der Waals surface area (Å²) in [6.07, 6.45) is 1.30. The van der Waals surface area contributed by atoms with Crippen LogP contribution in [0.4, 0.5) is 0 Å². The van der Waals surface area contributed by atoms with Crippen LogP contribution in [-0.2, 0) is 10.8 Å². The maximum absolute atomic E-state index is 6.59. The molecule has 0 N–H and O–H groups in total. The first-order valence-corrected chi connectivity index (χ1v) is 10.4. The molecule has 18 heavy (non-hydrogen) atoms. The fourth-order valence-electron chi connectivity index (χ4n) is 2.14. The quantitative estimate of drug-likeness (QED) is 0.544. The molecule has 2 rings (SSSR count). The topological polar surface area (TPSA) is 9.23 Å². The van der Waals surface area contributed by atoms with Gasteiger partial charge in [0, 0.05) is 4.83 Å². The standard InChI is InChI=1S/C15H23BrOSi/c1-15(2,3)18(4,5)17-14-12-9-7-6-8-11(12)10-13(14)16/h6-9,13-14H,10H2,1-5H3/t13-,14-/m0/s1. The zero-order valence-corrected chi connectivity index (χ0v) is 14.5. The van der Waals surface area contributed by atoms with Crippen LogP contribution in [0.3, 0.4) is 0 Å². The third-order valence-electron chi connectivity index (χ3n) is 4.33. The van der Waals surface area contributed by atoms with Crippen molar-refractivity contribution < 1.29 is 4.43 Å². The highest BCUT2D eigenvalue weighted by Crippen LogP contribution is 2.45. The van der Waals surface area contributed by atoms with E-state index >= 15 is 0 Å². The van der Waals surface area contributed by atoms with E-state index in [-0.39, 0.29) is 11.1 Å². The zero-order valence-electron chi connectivity index (χ0n) is 12.0. The summed E-state index contributed by atoms with van der Waals surface area (Å²) in [4.78, 5) is 0.420. The lowest BCUT2D eigenvalue weighted by Crippen LogP contribution is -2.42. The van der Waals surface area contributed by atoms with Gasteiger partial charge in [0.05, 0.1) is 6.10 Å². The Labute approximate surface area is 120 Å². The number of benzene rings is 1. The second-order valence-corrected chi connectivity index (χ2v) is 12.7. The number of alkyl halides is 1. The van der Waals surface area contributed by atoms with Gasteiger partial charge in [0.25, 0.3) is 0 Å². The van der Waals surface area contributed by atoms with Crippen LogP contribution >= 0.6 is 15.9 Å². The van der Waals surface area contributed by atoms with Gasteiger partial charge in [0.1, 0.15) is 0 Å². The normalized spacial score (nSPS) is 24.1. The fraction of sp³-hybridized carbons (Fsp3) is 0.600. The van der Waals surface area contributed by atoms with Gasteiger partial charge in [-0.05, 0) is 35.7 Å². The summed E-state index contributed by atoms with van der Waals surface area (Å²) in [7, 11) is -1.71. The van der Waals surface area contributed by atoms with Crippen molar-refractivity contribution in [3.8, 4) is 0 Å². The van der Waals surface area contributed by atoms with Crippen molar-refractivity contribution in [2.45, 2.75) is 56.3 Å². The molecule has 1 aliphatic carbocycles. The highest BCUT2D eigenvalue weighted by atomic mass is 79.9. The molecule has 0 spiro atoms. The van der Waals surface area contributed by atoms with Crippen molar-refractivity contribution in [2.24, 2.45) is 0 Å². The molecule has 1 aromatic rings. The van der Waals surface area contributed by atoms with E-state index in [1.54, 1.807) is 0 Å². The molecule has 1 nitrogen and oxygen atoms in total. The summed E-state index contributed by atoms with van der Waals surface area (Å²) in [5, 5.41) is 0.261. The molecule has 0 heterocycles. The zero-order chi connectivity index (χ0) is 13.6. The molecule has 0 amide bonds. The van der Waals surface area contributed by atoms with Crippen molar-refractivity contribution in [2.75, 3.05) is 0 Å². The predicted octanol–water partition coefficient (Wildman–Crippen LogP) is 5.07. The monoisotopic (exact) mass is 326 g/mol. The molecule has 0 saturated carbocycles. The lowest BCUT2D eigenvalue weighted by Gasteiger charge is -2.39. The van der Waals surface area contributed by atoms with Gasteiger partial charge >= 0.3 is 0 Å². The molecule has 1 aromatic carbocycles. The molecule has 0 bridgehead atoms. The van der Waals surface area contributed by atoms with E-state index in [1.165, 1.54) is 11.1 Å². The average Bonchev–Trinajstić information content (AvgIpc) is 2.54. The lowest BCUT2D eigenvalue weighted by atomic mass is 10.1. The van der Waals surface area contributed by atoms with Crippen molar-refractivity contribution in [3.63, 3.8) is 0 Å². The number of fused-ring (bicyclic) bond motifs is 1. The van der Waals surface area contributed by atoms with E-state index in [0.29, 0.717) is 4.83 Å². The Morgan fingerprint density at radius 1 is 1.22 bits per heavy atom. The Bertz CT molecular complexity index is 436. The second-order valence-electron chi connectivity index (χ2n) is 6.72. The molecular formula is C15H23BrOSi. The van der Waals surface area contributed by atoms with Gasteiger partial charge in [-0.25, -0.2) is 0 Å². The number of halogens is 1. The largest absolute Gasteiger partial charge is 0.409 e. The number of rotatable bonds is 2. The van der Waals surface area contributed by atoms with Crippen LogP contribution in [0.5, 0.6) is 0 Å². The Morgan fingerprint density at radius 2 is 1.83 bits per heavy atom. The van der Waals surface area contributed by atoms with Gasteiger partial charge in [-0.2, -0.15) is 0 Å². The van der Waals surface area contributed by atoms with Crippen LogP contribution in [0.1, 0.15) is 38.0 Å². The summed E-state index contributed by atoms with van der Waals surface area (Å²) in [6.45, 7) is 11.5. The van der Waals surface area contributed by atoms with E-state index in [0.717, 1.165) is 6.42 Å². The molecule has 0 aliphatic heterocycles. The maximum atomic E-state index is 6.59. The highest BCUT2D eigenvalue weighted by Gasteiger charge is 2.42. The SMILES string of the molecule is CC(C)(C)[Si](C)(C)O[C@H]1c2ccccc2C[C@@H]1Br. The Kier molecular flexibility index (Phi) is 3.78. The minimum atomic E-state index is -1.71. The maximum Gasteiger partial charge on any atom is 0.192 e. The van der Waals surface area contributed by atoms with Gasteiger partial charge in [-0.1, -0.05) is 61.0 Å². The van der Waals surface area contributed by atoms with E-state index in [4.69, 9.17) is 4.43 Å². The highest BCUT2D eigenvalue weighted by molar-refractivity contribution is 9.09. The Hall–Kier alpha value is -0.123. The van der Waals surface area contributed by atoms with Crippen molar-refractivity contribution >= 4 is 24.2 Å². The van der Waals surface area contributed by atoms with Gasteiger partial charge < -0.3 is 4.43 Å². The third-order valence-corrected chi connectivity index (χ3v) is 9.59. The summed E-state index contributed by atoms with van der Waals surface area (Å²) >= 11 is 3.80. The molecule has 1 aliphatic rings. The molecular weight excluding hydrogens is 304 g/mol. The van der Waals surface area contributed by atoms with Gasteiger partial charge in [0.15, 0.2) is 8.32 Å². The number of hydrogen-bond acceptors (Lipinski definition) is 1. The average molecular weight is 327 g/mol. The third kappa shape index (κ3) is 2.58. The molecule has 0 aromatic heterocycles. The molecule has 0 unspecified atom stereocenters. The summed E-state index contributed by atoms with van der Waals surface area (Å²) < 4.78 is 6.59. The first-order chi connectivity index (χ1) is 8.22. The lowest BCUT2D eigenvalue weighted by molar-refractivity contribution is 0.192. The van der Waals surface area contributed by atoms with Crippen LogP contribution in [0.15, 0.2) is 24.3 Å².